The summed E-state index contributed by atoms with van der Waals surface area (Å²) in [6.45, 7) is 4.87. The molecule has 2 rings (SSSR count). The molecule has 6 nitrogen and oxygen atoms in total. The molecule has 1 aliphatic heterocycles. The Bertz CT molecular complexity index is 765. The Balaban J connectivity index is 2.34. The fourth-order valence-corrected chi connectivity index (χ4v) is 4.60. The second-order valence-electron chi connectivity index (χ2n) is 7.27. The van der Waals surface area contributed by atoms with Gasteiger partial charge in [0.1, 0.15) is 0 Å². The van der Waals surface area contributed by atoms with Crippen LogP contribution in [0.2, 0.25) is 5.02 Å². The van der Waals surface area contributed by atoms with Gasteiger partial charge in [-0.25, -0.2) is 8.42 Å². The van der Waals surface area contributed by atoms with E-state index < -0.39 is 10.0 Å². The third kappa shape index (κ3) is 4.39. The minimum absolute atomic E-state index is 0.0858. The van der Waals surface area contributed by atoms with Crippen molar-refractivity contribution >= 4 is 27.5 Å². The zero-order chi connectivity index (χ0) is 19.6. The van der Waals surface area contributed by atoms with Gasteiger partial charge in [0.2, 0.25) is 10.0 Å². The molecule has 1 heterocycles. The Kier molecular flexibility index (Phi) is 6.71. The van der Waals surface area contributed by atoms with Crippen molar-refractivity contribution in [3.63, 3.8) is 0 Å². The number of hydrogen-bond donors (Lipinski definition) is 0. The third-order valence-corrected chi connectivity index (χ3v) is 7.35. The van der Waals surface area contributed by atoms with Crippen LogP contribution in [0.5, 0.6) is 0 Å². The number of benzene rings is 1. The van der Waals surface area contributed by atoms with E-state index in [-0.39, 0.29) is 27.4 Å². The van der Waals surface area contributed by atoms with Gasteiger partial charge in [-0.3, -0.25) is 4.79 Å². The molecule has 0 saturated carbocycles. The molecule has 1 amide bonds. The van der Waals surface area contributed by atoms with Crippen molar-refractivity contribution in [2.75, 3.05) is 34.2 Å². The second kappa shape index (κ2) is 8.25. The molecule has 0 bridgehead atoms. The molecule has 1 saturated heterocycles. The number of likely N-dealkylation sites (N-methyl/N-ethyl adjacent to an activating group) is 1. The Hall–Kier alpha value is -1.15. The van der Waals surface area contributed by atoms with Crippen LogP contribution in [0.25, 0.3) is 0 Å². The fourth-order valence-electron chi connectivity index (χ4n) is 3.00. The number of rotatable bonds is 5. The summed E-state index contributed by atoms with van der Waals surface area (Å²) >= 11 is 6.24. The summed E-state index contributed by atoms with van der Waals surface area (Å²) < 4.78 is 26.7. The van der Waals surface area contributed by atoms with Crippen LogP contribution in [0.1, 0.15) is 37.0 Å². The number of halogens is 1. The predicted molar refractivity (Wildman–Crippen MR) is 104 cm³/mol. The first-order chi connectivity index (χ1) is 12.1. The molecule has 8 heteroatoms. The molecule has 0 N–H and O–H groups in total. The van der Waals surface area contributed by atoms with Crippen LogP contribution in [-0.4, -0.2) is 74.7 Å². The lowest BCUT2D eigenvalue weighted by molar-refractivity contribution is 0.0635. The third-order valence-electron chi connectivity index (χ3n) is 4.99. The van der Waals surface area contributed by atoms with Crippen molar-refractivity contribution in [2.45, 2.75) is 43.7 Å². The highest BCUT2D eigenvalue weighted by Gasteiger charge is 2.29. The quantitative estimate of drug-likeness (QED) is 0.760. The molecular weight excluding hydrogens is 374 g/mol. The zero-order valence-corrected chi connectivity index (χ0v) is 17.6. The van der Waals surface area contributed by atoms with Gasteiger partial charge in [-0.1, -0.05) is 11.6 Å². The largest absolute Gasteiger partial charge is 0.337 e. The minimum atomic E-state index is -3.67. The molecule has 1 fully saturated rings. The van der Waals surface area contributed by atoms with Gasteiger partial charge in [0.15, 0.2) is 0 Å². The number of likely N-dealkylation sites (tertiary alicyclic amines) is 1. The maximum atomic E-state index is 13.0. The molecule has 0 aliphatic carbocycles. The summed E-state index contributed by atoms with van der Waals surface area (Å²) in [7, 11) is 1.86. The Morgan fingerprint density at radius 1 is 1.27 bits per heavy atom. The summed E-state index contributed by atoms with van der Waals surface area (Å²) in [6, 6.07) is 4.45. The van der Waals surface area contributed by atoms with E-state index in [0.717, 1.165) is 12.8 Å². The number of carbonyl (C=O) groups is 1. The first-order valence-electron chi connectivity index (χ1n) is 8.79. The van der Waals surface area contributed by atoms with Gasteiger partial charge in [-0.15, -0.1) is 0 Å². The van der Waals surface area contributed by atoms with Crippen LogP contribution < -0.4 is 0 Å². The van der Waals surface area contributed by atoms with Gasteiger partial charge in [-0.2, -0.15) is 4.31 Å². The van der Waals surface area contributed by atoms with E-state index >= 15 is 0 Å². The standard InChI is InChI=1S/C18H28ClN3O3S/c1-13(2)21(5)26(24,25)15-8-9-17(19)16(11-15)18(23)22-10-6-7-14(12-22)20(3)4/h8-9,11,13-14H,6-7,10,12H2,1-5H3. The molecule has 1 unspecified atom stereocenters. The maximum Gasteiger partial charge on any atom is 0.255 e. The number of amides is 1. The number of carbonyl (C=O) groups excluding carboxylic acids is 1. The molecular formula is C18H28ClN3O3S. The number of piperidine rings is 1. The topological polar surface area (TPSA) is 60.9 Å². The summed E-state index contributed by atoms with van der Waals surface area (Å²) in [5, 5.41) is 0.271. The van der Waals surface area contributed by atoms with Crippen molar-refractivity contribution in [1.82, 2.24) is 14.1 Å². The van der Waals surface area contributed by atoms with Gasteiger partial charge in [-0.05, 0) is 59.0 Å². The minimum Gasteiger partial charge on any atom is -0.337 e. The van der Waals surface area contributed by atoms with E-state index in [2.05, 4.69) is 4.90 Å². The smallest absolute Gasteiger partial charge is 0.255 e. The fraction of sp³-hybridized carbons (Fsp3) is 0.611. The average Bonchev–Trinajstić information content (AvgIpc) is 2.60. The first kappa shape index (κ1) is 21.2. The van der Waals surface area contributed by atoms with Gasteiger partial charge in [0, 0.05) is 32.2 Å². The molecule has 1 aliphatic rings. The van der Waals surface area contributed by atoms with E-state index in [4.69, 9.17) is 11.6 Å². The van der Waals surface area contributed by atoms with Crippen molar-refractivity contribution in [1.29, 1.82) is 0 Å². The Morgan fingerprint density at radius 3 is 2.50 bits per heavy atom. The lowest BCUT2D eigenvalue weighted by Gasteiger charge is -2.36. The first-order valence-corrected chi connectivity index (χ1v) is 10.6. The van der Waals surface area contributed by atoms with Crippen molar-refractivity contribution in [3.05, 3.63) is 28.8 Å². The van der Waals surface area contributed by atoms with Crippen LogP contribution in [0, 0.1) is 0 Å². The lowest BCUT2D eigenvalue weighted by atomic mass is 10.0. The normalized spacial score (nSPS) is 18.8. The molecule has 26 heavy (non-hydrogen) atoms. The zero-order valence-electron chi connectivity index (χ0n) is 16.1. The Labute approximate surface area is 161 Å². The van der Waals surface area contributed by atoms with Crippen LogP contribution >= 0.6 is 11.6 Å². The van der Waals surface area contributed by atoms with Crippen LogP contribution in [-0.2, 0) is 10.0 Å². The lowest BCUT2D eigenvalue weighted by Crippen LogP contribution is -2.47. The highest BCUT2D eigenvalue weighted by molar-refractivity contribution is 7.89. The van der Waals surface area contributed by atoms with E-state index in [1.807, 2.05) is 14.1 Å². The average molecular weight is 402 g/mol. The highest BCUT2D eigenvalue weighted by atomic mass is 35.5. The van der Waals surface area contributed by atoms with Gasteiger partial charge in [0.25, 0.3) is 5.91 Å². The number of sulfonamides is 1. The van der Waals surface area contributed by atoms with Gasteiger partial charge in [0.05, 0.1) is 15.5 Å². The van der Waals surface area contributed by atoms with E-state index in [9.17, 15) is 13.2 Å². The summed E-state index contributed by atoms with van der Waals surface area (Å²) in [6.07, 6.45) is 1.96. The van der Waals surface area contributed by atoms with Crippen LogP contribution in [0.3, 0.4) is 0 Å². The summed E-state index contributed by atoms with van der Waals surface area (Å²) in [4.78, 5) is 16.9. The molecule has 0 aromatic heterocycles. The highest BCUT2D eigenvalue weighted by Crippen LogP contribution is 2.26. The summed E-state index contributed by atoms with van der Waals surface area (Å²) in [5.41, 5.74) is 0.240. The van der Waals surface area contributed by atoms with Crippen LogP contribution in [0.4, 0.5) is 0 Å². The van der Waals surface area contributed by atoms with E-state index in [0.29, 0.717) is 19.1 Å². The summed E-state index contributed by atoms with van der Waals surface area (Å²) in [5.74, 6) is -0.217. The predicted octanol–water partition coefficient (Wildman–Crippen LogP) is 2.54. The molecule has 1 aromatic carbocycles. The monoisotopic (exact) mass is 401 g/mol. The van der Waals surface area contributed by atoms with Crippen molar-refractivity contribution in [2.24, 2.45) is 0 Å². The number of hydrogen-bond acceptors (Lipinski definition) is 4. The van der Waals surface area contributed by atoms with Gasteiger partial charge < -0.3 is 9.80 Å². The maximum absolute atomic E-state index is 13.0. The van der Waals surface area contributed by atoms with Crippen molar-refractivity contribution < 1.29 is 13.2 Å². The SMILES string of the molecule is CC(C)N(C)S(=O)(=O)c1ccc(Cl)c(C(=O)N2CCCC(N(C)C)C2)c1. The van der Waals surface area contributed by atoms with E-state index in [1.165, 1.54) is 29.6 Å². The number of nitrogens with zero attached hydrogens (tertiary/aromatic N) is 3. The van der Waals surface area contributed by atoms with E-state index in [1.54, 1.807) is 18.7 Å². The molecule has 1 atom stereocenters. The molecule has 1 aromatic rings. The molecule has 0 radical (unpaired) electrons. The second-order valence-corrected chi connectivity index (χ2v) is 9.67. The van der Waals surface area contributed by atoms with Crippen molar-refractivity contribution in [3.8, 4) is 0 Å². The van der Waals surface area contributed by atoms with Crippen LogP contribution in [0.15, 0.2) is 23.1 Å². The molecule has 0 spiro atoms. The van der Waals surface area contributed by atoms with Gasteiger partial charge >= 0.3 is 0 Å². The Morgan fingerprint density at radius 2 is 1.92 bits per heavy atom. The molecule has 146 valence electrons.